The average molecular weight is 319 g/mol. The highest BCUT2D eigenvalue weighted by Gasteiger charge is 2.12. The number of thiophene rings is 1. The molecule has 0 aliphatic heterocycles. The van der Waals surface area contributed by atoms with Crippen LogP contribution in [0.1, 0.15) is 16.7 Å². The molecule has 4 heteroatoms. The molecule has 2 N–H and O–H groups in total. The third-order valence-electron chi connectivity index (χ3n) is 1.98. The highest BCUT2D eigenvalue weighted by molar-refractivity contribution is 14.1. The molecule has 0 radical (unpaired) electrons. The van der Waals surface area contributed by atoms with E-state index in [-0.39, 0.29) is 6.04 Å². The van der Waals surface area contributed by atoms with Gasteiger partial charge in [-0.05, 0) is 46.2 Å². The Hall–Kier alpha value is -0.330. The summed E-state index contributed by atoms with van der Waals surface area (Å²) < 4.78 is 6.51. The van der Waals surface area contributed by atoms with Gasteiger partial charge in [0, 0.05) is 20.9 Å². The molecule has 0 aromatic carbocycles. The monoisotopic (exact) mass is 319 g/mol. The van der Waals surface area contributed by atoms with Crippen molar-refractivity contribution >= 4 is 33.9 Å². The van der Waals surface area contributed by atoms with Gasteiger partial charge in [0.15, 0.2) is 0 Å². The Kier molecular flexibility index (Phi) is 3.25. The average Bonchev–Trinajstić information content (AvgIpc) is 2.75. The summed E-state index contributed by atoms with van der Waals surface area (Å²) in [5.74, 6) is 0.946. The molecule has 0 fully saturated rings. The second-order valence-electron chi connectivity index (χ2n) is 3.02. The van der Waals surface area contributed by atoms with Crippen LogP contribution in [0.4, 0.5) is 0 Å². The van der Waals surface area contributed by atoms with Crippen molar-refractivity contribution in [2.24, 2.45) is 5.73 Å². The summed E-state index contributed by atoms with van der Waals surface area (Å²) >= 11 is 4.02. The van der Waals surface area contributed by atoms with Gasteiger partial charge < -0.3 is 10.2 Å². The predicted octanol–water partition coefficient (Wildman–Crippen LogP) is 3.19. The lowest BCUT2D eigenvalue weighted by Gasteiger charge is -2.07. The van der Waals surface area contributed by atoms with Gasteiger partial charge in [0.2, 0.25) is 0 Å². The minimum absolute atomic E-state index is 0.0491. The first-order valence-electron chi connectivity index (χ1n) is 4.28. The van der Waals surface area contributed by atoms with Crippen molar-refractivity contribution in [1.82, 2.24) is 0 Å². The van der Waals surface area contributed by atoms with Crippen LogP contribution in [0.2, 0.25) is 0 Å². The van der Waals surface area contributed by atoms with Crippen molar-refractivity contribution in [2.75, 3.05) is 0 Å². The van der Waals surface area contributed by atoms with Crippen molar-refractivity contribution in [3.8, 4) is 0 Å². The van der Waals surface area contributed by atoms with E-state index >= 15 is 0 Å². The minimum Gasteiger partial charge on any atom is -0.469 e. The molecule has 2 aromatic heterocycles. The van der Waals surface area contributed by atoms with Gasteiger partial charge in [-0.15, -0.1) is 11.3 Å². The molecule has 2 nitrogen and oxygen atoms in total. The highest BCUT2D eigenvalue weighted by Crippen LogP contribution is 2.26. The minimum atomic E-state index is 0.0491. The predicted molar refractivity (Wildman–Crippen MR) is 66.4 cm³/mol. The number of halogens is 1. The Labute approximate surface area is 100 Å². The summed E-state index contributed by atoms with van der Waals surface area (Å²) in [5, 5.41) is 2.07. The Morgan fingerprint density at radius 3 is 2.93 bits per heavy atom. The Bertz CT molecular complexity index is 396. The van der Waals surface area contributed by atoms with E-state index in [9.17, 15) is 0 Å². The molecule has 0 aliphatic carbocycles. The molecule has 0 spiro atoms. The number of nitrogens with two attached hydrogens (primary N) is 1. The van der Waals surface area contributed by atoms with Crippen molar-refractivity contribution in [3.05, 3.63) is 44.0 Å². The molecule has 74 valence electrons. The molecule has 2 aromatic rings. The highest BCUT2D eigenvalue weighted by atomic mass is 127. The van der Waals surface area contributed by atoms with E-state index in [1.54, 1.807) is 17.6 Å². The van der Waals surface area contributed by atoms with Crippen LogP contribution in [-0.2, 0) is 6.42 Å². The van der Waals surface area contributed by atoms with E-state index < -0.39 is 0 Å². The smallest absolute Gasteiger partial charge is 0.105 e. The van der Waals surface area contributed by atoms with Gasteiger partial charge in [0.05, 0.1) is 6.26 Å². The van der Waals surface area contributed by atoms with E-state index in [0.717, 1.165) is 12.2 Å². The summed E-state index contributed by atoms with van der Waals surface area (Å²) in [7, 11) is 0. The second kappa shape index (κ2) is 4.46. The van der Waals surface area contributed by atoms with Gasteiger partial charge in [-0.2, -0.15) is 0 Å². The number of furan rings is 1. The molecule has 2 heterocycles. The van der Waals surface area contributed by atoms with Gasteiger partial charge >= 0.3 is 0 Å². The molecule has 0 saturated heterocycles. The van der Waals surface area contributed by atoms with E-state index in [4.69, 9.17) is 10.2 Å². The van der Waals surface area contributed by atoms with Crippen molar-refractivity contribution in [1.29, 1.82) is 0 Å². The number of rotatable bonds is 3. The van der Waals surface area contributed by atoms with Crippen LogP contribution >= 0.6 is 33.9 Å². The normalized spacial score (nSPS) is 13.0. The van der Waals surface area contributed by atoms with Crippen LogP contribution in [-0.4, -0.2) is 0 Å². The first kappa shape index (κ1) is 10.2. The zero-order valence-corrected chi connectivity index (χ0v) is 10.4. The molecule has 0 amide bonds. The molecule has 2 rings (SSSR count). The van der Waals surface area contributed by atoms with Crippen LogP contribution in [0.5, 0.6) is 0 Å². The maximum Gasteiger partial charge on any atom is 0.105 e. The summed E-state index contributed by atoms with van der Waals surface area (Å²) in [5.41, 5.74) is 6.08. The van der Waals surface area contributed by atoms with Gasteiger partial charge in [0.25, 0.3) is 0 Å². The standard InChI is InChI=1S/C10H10INOS/c11-8-3-5-14-10(8)9(12)6-7-2-1-4-13-7/h1-5,9H,6,12H2. The van der Waals surface area contributed by atoms with Crippen LogP contribution < -0.4 is 5.73 Å². The summed E-state index contributed by atoms with van der Waals surface area (Å²) in [6, 6.07) is 5.98. The SMILES string of the molecule is NC(Cc1ccco1)c1sccc1I. The lowest BCUT2D eigenvalue weighted by Crippen LogP contribution is -2.12. The molecule has 0 aliphatic rings. The van der Waals surface area contributed by atoms with E-state index in [2.05, 4.69) is 34.0 Å². The lowest BCUT2D eigenvalue weighted by molar-refractivity contribution is 0.490. The lowest BCUT2D eigenvalue weighted by atomic mass is 10.1. The Balaban J connectivity index is 2.10. The quantitative estimate of drug-likeness (QED) is 0.883. The fraction of sp³-hybridized carbons (Fsp3) is 0.200. The van der Waals surface area contributed by atoms with Crippen LogP contribution in [0, 0.1) is 3.57 Å². The summed E-state index contributed by atoms with van der Waals surface area (Å²) in [6.07, 6.45) is 2.45. The van der Waals surface area contributed by atoms with Crippen LogP contribution in [0.3, 0.4) is 0 Å². The molecular formula is C10H10INOS. The van der Waals surface area contributed by atoms with E-state index in [1.807, 2.05) is 12.1 Å². The van der Waals surface area contributed by atoms with Gasteiger partial charge in [-0.1, -0.05) is 0 Å². The van der Waals surface area contributed by atoms with E-state index in [0.29, 0.717) is 0 Å². The van der Waals surface area contributed by atoms with Gasteiger partial charge in [0.1, 0.15) is 5.76 Å². The van der Waals surface area contributed by atoms with Crippen LogP contribution in [0.25, 0.3) is 0 Å². The molecule has 14 heavy (non-hydrogen) atoms. The van der Waals surface area contributed by atoms with Gasteiger partial charge in [-0.3, -0.25) is 0 Å². The van der Waals surface area contributed by atoms with Crippen molar-refractivity contribution in [3.63, 3.8) is 0 Å². The second-order valence-corrected chi connectivity index (χ2v) is 5.13. The number of hydrogen-bond acceptors (Lipinski definition) is 3. The fourth-order valence-electron chi connectivity index (χ4n) is 1.31. The molecule has 0 bridgehead atoms. The van der Waals surface area contributed by atoms with Gasteiger partial charge in [-0.25, -0.2) is 0 Å². The first-order valence-corrected chi connectivity index (χ1v) is 6.24. The summed E-state index contributed by atoms with van der Waals surface area (Å²) in [6.45, 7) is 0. The third kappa shape index (κ3) is 2.18. The maximum atomic E-state index is 6.08. The Morgan fingerprint density at radius 2 is 2.36 bits per heavy atom. The number of hydrogen-bond donors (Lipinski definition) is 1. The molecule has 1 atom stereocenters. The Morgan fingerprint density at radius 1 is 1.50 bits per heavy atom. The zero-order chi connectivity index (χ0) is 9.97. The first-order chi connectivity index (χ1) is 6.77. The zero-order valence-electron chi connectivity index (χ0n) is 7.44. The van der Waals surface area contributed by atoms with Crippen LogP contribution in [0.15, 0.2) is 34.3 Å². The topological polar surface area (TPSA) is 39.2 Å². The van der Waals surface area contributed by atoms with E-state index in [1.165, 1.54) is 8.45 Å². The third-order valence-corrected chi connectivity index (χ3v) is 4.34. The fourth-order valence-corrected chi connectivity index (χ4v) is 3.30. The molecule has 0 saturated carbocycles. The largest absolute Gasteiger partial charge is 0.469 e. The van der Waals surface area contributed by atoms with Crippen molar-refractivity contribution < 1.29 is 4.42 Å². The molecule has 1 unspecified atom stereocenters. The molecular weight excluding hydrogens is 309 g/mol. The van der Waals surface area contributed by atoms with Crippen molar-refractivity contribution in [2.45, 2.75) is 12.5 Å². The maximum absolute atomic E-state index is 6.08. The summed E-state index contributed by atoms with van der Waals surface area (Å²) in [4.78, 5) is 1.24.